The predicted molar refractivity (Wildman–Crippen MR) is 98.9 cm³/mol. The lowest BCUT2D eigenvalue weighted by Gasteiger charge is -2.25. The van der Waals surface area contributed by atoms with Crippen molar-refractivity contribution in [3.05, 3.63) is 88.7 Å². The van der Waals surface area contributed by atoms with Crippen LogP contribution in [0.15, 0.2) is 77.6 Å². The SMILES string of the molecule is O=C1C(C#Cc2ccccc2)=C(c2ccccc2)C(=O)C2=C1CCCO2. The number of Topliss-reactive ketones (excluding diaryl/α,β-unsaturated/α-hetero) is 2. The third kappa shape index (κ3) is 2.87. The molecule has 3 nitrogen and oxygen atoms in total. The summed E-state index contributed by atoms with van der Waals surface area (Å²) in [5.41, 5.74) is 2.53. The Morgan fingerprint density at radius 1 is 0.808 bits per heavy atom. The van der Waals surface area contributed by atoms with Crippen LogP contribution in [-0.4, -0.2) is 18.2 Å². The highest BCUT2D eigenvalue weighted by Gasteiger charge is 2.37. The molecule has 0 unspecified atom stereocenters. The van der Waals surface area contributed by atoms with Gasteiger partial charge in [-0.05, 0) is 30.5 Å². The van der Waals surface area contributed by atoms with E-state index in [1.54, 1.807) is 0 Å². The van der Waals surface area contributed by atoms with Gasteiger partial charge in [0.05, 0.1) is 17.8 Å². The molecule has 2 aromatic carbocycles. The van der Waals surface area contributed by atoms with Crippen molar-refractivity contribution >= 4 is 17.1 Å². The molecule has 0 radical (unpaired) electrons. The maximum atomic E-state index is 13.1. The lowest BCUT2D eigenvalue weighted by molar-refractivity contribution is -0.118. The van der Waals surface area contributed by atoms with Crippen LogP contribution in [0.25, 0.3) is 5.57 Å². The summed E-state index contributed by atoms with van der Waals surface area (Å²) < 4.78 is 5.55. The average Bonchev–Trinajstić information content (AvgIpc) is 2.71. The van der Waals surface area contributed by atoms with Crippen LogP contribution in [0.3, 0.4) is 0 Å². The quantitative estimate of drug-likeness (QED) is 0.587. The summed E-state index contributed by atoms with van der Waals surface area (Å²) in [4.78, 5) is 26.1. The van der Waals surface area contributed by atoms with Crippen molar-refractivity contribution in [2.75, 3.05) is 6.61 Å². The van der Waals surface area contributed by atoms with Crippen LogP contribution in [0.1, 0.15) is 24.0 Å². The second kappa shape index (κ2) is 6.85. The molecule has 0 saturated carbocycles. The van der Waals surface area contributed by atoms with Crippen LogP contribution in [0, 0.1) is 11.8 Å². The molecule has 0 bridgehead atoms. The van der Waals surface area contributed by atoms with Gasteiger partial charge in [0.25, 0.3) is 0 Å². The number of hydrogen-bond acceptors (Lipinski definition) is 3. The maximum absolute atomic E-state index is 13.1. The largest absolute Gasteiger partial charge is 0.489 e. The lowest BCUT2D eigenvalue weighted by Crippen LogP contribution is -2.27. The van der Waals surface area contributed by atoms with E-state index >= 15 is 0 Å². The number of carbonyl (C=O) groups is 2. The van der Waals surface area contributed by atoms with Crippen molar-refractivity contribution in [2.45, 2.75) is 12.8 Å². The Labute approximate surface area is 152 Å². The highest BCUT2D eigenvalue weighted by Crippen LogP contribution is 2.35. The van der Waals surface area contributed by atoms with E-state index in [4.69, 9.17) is 4.74 Å². The van der Waals surface area contributed by atoms with Crippen LogP contribution in [0.5, 0.6) is 0 Å². The fourth-order valence-electron chi connectivity index (χ4n) is 3.19. The van der Waals surface area contributed by atoms with Gasteiger partial charge in [-0.25, -0.2) is 0 Å². The molecule has 1 heterocycles. The minimum atomic E-state index is -0.247. The Morgan fingerprint density at radius 2 is 1.50 bits per heavy atom. The van der Waals surface area contributed by atoms with Crippen LogP contribution in [0.4, 0.5) is 0 Å². The van der Waals surface area contributed by atoms with Gasteiger partial charge in [-0.3, -0.25) is 9.59 Å². The first kappa shape index (κ1) is 16.1. The summed E-state index contributed by atoms with van der Waals surface area (Å²) in [6.45, 7) is 0.463. The van der Waals surface area contributed by atoms with Gasteiger partial charge >= 0.3 is 0 Å². The van der Waals surface area contributed by atoms with Crippen molar-refractivity contribution in [2.24, 2.45) is 0 Å². The van der Waals surface area contributed by atoms with E-state index in [1.165, 1.54) is 0 Å². The van der Waals surface area contributed by atoms with E-state index in [2.05, 4.69) is 11.8 Å². The van der Waals surface area contributed by atoms with E-state index < -0.39 is 0 Å². The normalized spacial score (nSPS) is 16.6. The first-order chi connectivity index (χ1) is 12.8. The second-order valence-corrected chi connectivity index (χ2v) is 6.15. The molecule has 0 aromatic heterocycles. The monoisotopic (exact) mass is 340 g/mol. The first-order valence-corrected chi connectivity index (χ1v) is 8.58. The number of benzene rings is 2. The first-order valence-electron chi connectivity index (χ1n) is 8.58. The van der Waals surface area contributed by atoms with Crippen LogP contribution < -0.4 is 0 Å². The average molecular weight is 340 g/mol. The van der Waals surface area contributed by atoms with Gasteiger partial charge in [0.1, 0.15) is 0 Å². The zero-order valence-corrected chi connectivity index (χ0v) is 14.1. The third-order valence-corrected chi connectivity index (χ3v) is 4.44. The van der Waals surface area contributed by atoms with E-state index in [0.717, 1.165) is 12.0 Å². The molecule has 2 aliphatic rings. The summed E-state index contributed by atoms with van der Waals surface area (Å²) in [6, 6.07) is 18.6. The van der Waals surface area contributed by atoms with Crippen molar-refractivity contribution in [1.29, 1.82) is 0 Å². The maximum Gasteiger partial charge on any atom is 0.229 e. The molecule has 3 heteroatoms. The molecule has 0 amide bonds. The van der Waals surface area contributed by atoms with Gasteiger partial charge in [0.2, 0.25) is 11.6 Å². The van der Waals surface area contributed by atoms with E-state index in [9.17, 15) is 9.59 Å². The van der Waals surface area contributed by atoms with Crippen LogP contribution in [-0.2, 0) is 14.3 Å². The molecule has 0 saturated heterocycles. The highest BCUT2D eigenvalue weighted by atomic mass is 16.5. The van der Waals surface area contributed by atoms with E-state index in [1.807, 2.05) is 60.7 Å². The smallest absolute Gasteiger partial charge is 0.229 e. The minimum Gasteiger partial charge on any atom is -0.489 e. The summed E-state index contributed by atoms with van der Waals surface area (Å²) in [6.07, 6.45) is 1.29. The summed E-state index contributed by atoms with van der Waals surface area (Å²) in [7, 11) is 0. The highest BCUT2D eigenvalue weighted by molar-refractivity contribution is 6.40. The summed E-state index contributed by atoms with van der Waals surface area (Å²) in [5, 5.41) is 0. The number of rotatable bonds is 1. The fraction of sp³-hybridized carbons (Fsp3) is 0.130. The molecule has 0 fully saturated rings. The van der Waals surface area contributed by atoms with Crippen molar-refractivity contribution in [3.63, 3.8) is 0 Å². The van der Waals surface area contributed by atoms with Gasteiger partial charge in [-0.2, -0.15) is 0 Å². The molecule has 1 aliphatic heterocycles. The molecule has 0 spiro atoms. The molecule has 0 atom stereocenters. The number of allylic oxidation sites excluding steroid dienone is 3. The molecule has 4 rings (SSSR count). The Hall–Kier alpha value is -3.38. The van der Waals surface area contributed by atoms with Gasteiger partial charge < -0.3 is 4.74 Å². The topological polar surface area (TPSA) is 43.4 Å². The summed E-state index contributed by atoms with van der Waals surface area (Å²) in [5.74, 6) is 5.74. The number of carbonyl (C=O) groups excluding carboxylic acids is 2. The van der Waals surface area contributed by atoms with Crippen molar-refractivity contribution in [1.82, 2.24) is 0 Å². The van der Waals surface area contributed by atoms with Crippen molar-refractivity contribution in [3.8, 4) is 11.8 Å². The van der Waals surface area contributed by atoms with E-state index in [0.29, 0.717) is 29.7 Å². The van der Waals surface area contributed by atoms with Gasteiger partial charge in [0, 0.05) is 11.1 Å². The molecule has 2 aromatic rings. The molecule has 26 heavy (non-hydrogen) atoms. The summed E-state index contributed by atoms with van der Waals surface area (Å²) >= 11 is 0. The Balaban J connectivity index is 1.88. The number of hydrogen-bond donors (Lipinski definition) is 0. The molecule has 126 valence electrons. The standard InChI is InChI=1S/C23H16O3/c24-21-18(14-13-16-8-3-1-4-9-16)20(17-10-5-2-6-11-17)22(25)23-19(21)12-7-15-26-23/h1-6,8-11H,7,12,15H2. The third-order valence-electron chi connectivity index (χ3n) is 4.44. The molecule has 0 N–H and O–H groups in total. The molecule has 1 aliphatic carbocycles. The van der Waals surface area contributed by atoms with E-state index in [-0.39, 0.29) is 22.9 Å². The van der Waals surface area contributed by atoms with Crippen molar-refractivity contribution < 1.29 is 14.3 Å². The van der Waals surface area contributed by atoms with Gasteiger partial charge in [-0.15, -0.1) is 0 Å². The Morgan fingerprint density at radius 3 is 2.23 bits per heavy atom. The lowest BCUT2D eigenvalue weighted by atomic mass is 9.82. The Bertz CT molecular complexity index is 1000. The molecular formula is C23H16O3. The van der Waals surface area contributed by atoms with Crippen LogP contribution >= 0.6 is 0 Å². The number of ether oxygens (including phenoxy) is 1. The van der Waals surface area contributed by atoms with Gasteiger partial charge in [-0.1, -0.05) is 60.4 Å². The zero-order valence-electron chi connectivity index (χ0n) is 14.1. The fourth-order valence-corrected chi connectivity index (χ4v) is 3.19. The minimum absolute atomic E-state index is 0.193. The second-order valence-electron chi connectivity index (χ2n) is 6.15. The van der Waals surface area contributed by atoms with Gasteiger partial charge in [0.15, 0.2) is 5.76 Å². The van der Waals surface area contributed by atoms with Crippen LogP contribution in [0.2, 0.25) is 0 Å². The Kier molecular flexibility index (Phi) is 4.25. The zero-order chi connectivity index (χ0) is 17.9. The predicted octanol–water partition coefficient (Wildman–Crippen LogP) is 3.71. The molecular weight excluding hydrogens is 324 g/mol. The number of ketones is 2.